The van der Waals surface area contributed by atoms with E-state index in [9.17, 15) is 9.18 Å². The number of Topliss-reactive ketones (excluding diaryl/α,β-unsaturated/α-hetero) is 1. The summed E-state index contributed by atoms with van der Waals surface area (Å²) in [6.45, 7) is 4.54. The summed E-state index contributed by atoms with van der Waals surface area (Å²) >= 11 is 0. The maximum Gasteiger partial charge on any atom is 0.244 e. The fourth-order valence-electron chi connectivity index (χ4n) is 3.43. The van der Waals surface area contributed by atoms with Crippen LogP contribution in [0.15, 0.2) is 48.5 Å². The Labute approximate surface area is 168 Å². The van der Waals surface area contributed by atoms with E-state index in [-0.39, 0.29) is 18.0 Å². The lowest BCUT2D eigenvalue weighted by molar-refractivity contribution is -0.119. The van der Waals surface area contributed by atoms with Gasteiger partial charge in [0.25, 0.3) is 0 Å². The van der Waals surface area contributed by atoms with E-state index in [0.717, 1.165) is 18.7 Å². The molecule has 29 heavy (non-hydrogen) atoms. The van der Waals surface area contributed by atoms with Gasteiger partial charge in [0.15, 0.2) is 0 Å². The van der Waals surface area contributed by atoms with Crippen molar-refractivity contribution in [2.24, 2.45) is 0 Å². The van der Waals surface area contributed by atoms with Crippen LogP contribution in [0.5, 0.6) is 0 Å². The Hall–Kier alpha value is -3.06. The highest BCUT2D eigenvalue weighted by Crippen LogP contribution is 2.27. The molecule has 1 aliphatic heterocycles. The summed E-state index contributed by atoms with van der Waals surface area (Å²) in [4.78, 5) is 19.2. The number of ketones is 1. The molecule has 1 saturated heterocycles. The fourth-order valence-corrected chi connectivity index (χ4v) is 3.43. The van der Waals surface area contributed by atoms with Crippen LogP contribution in [0.3, 0.4) is 0 Å². The van der Waals surface area contributed by atoms with Gasteiger partial charge < -0.3 is 9.64 Å². The molecule has 1 fully saturated rings. The Morgan fingerprint density at radius 2 is 1.97 bits per heavy atom. The molecule has 2 aromatic carbocycles. The summed E-state index contributed by atoms with van der Waals surface area (Å²) in [5.41, 5.74) is 1.99. The van der Waals surface area contributed by atoms with E-state index in [0.29, 0.717) is 36.1 Å². The third-order valence-corrected chi connectivity index (χ3v) is 5.22. The summed E-state index contributed by atoms with van der Waals surface area (Å²) < 4.78 is 20.0. The smallest absolute Gasteiger partial charge is 0.244 e. The number of aromatic amines is 1. The summed E-state index contributed by atoms with van der Waals surface area (Å²) in [5, 5.41) is 7.05. The highest BCUT2D eigenvalue weighted by atomic mass is 19.1. The Morgan fingerprint density at radius 3 is 2.69 bits per heavy atom. The first-order chi connectivity index (χ1) is 14.1. The number of H-pyrrole nitrogens is 1. The van der Waals surface area contributed by atoms with E-state index >= 15 is 0 Å². The topological polar surface area (TPSA) is 71.1 Å². The van der Waals surface area contributed by atoms with E-state index in [1.54, 1.807) is 13.0 Å². The normalized spacial score (nSPS) is 15.3. The molecule has 1 aromatic heterocycles. The van der Waals surface area contributed by atoms with Crippen LogP contribution in [0.1, 0.15) is 24.2 Å². The quantitative estimate of drug-likeness (QED) is 0.694. The number of nitrogens with one attached hydrogen (secondary N) is 1. The highest BCUT2D eigenvalue weighted by molar-refractivity contribution is 5.87. The number of morpholine rings is 1. The molecule has 3 aromatic rings. The van der Waals surface area contributed by atoms with Gasteiger partial charge in [0.2, 0.25) is 5.95 Å². The first kappa shape index (κ1) is 19.3. The molecule has 0 amide bonds. The third-order valence-electron chi connectivity index (χ3n) is 5.22. The Balaban J connectivity index is 1.44. The summed E-state index contributed by atoms with van der Waals surface area (Å²) in [6.07, 6.45) is 0.126. The van der Waals surface area contributed by atoms with E-state index in [1.807, 2.05) is 41.3 Å². The van der Waals surface area contributed by atoms with Gasteiger partial charge in [-0.25, -0.2) is 4.39 Å². The van der Waals surface area contributed by atoms with Crippen LogP contribution in [-0.4, -0.2) is 47.3 Å². The Morgan fingerprint density at radius 1 is 1.21 bits per heavy atom. The minimum atomic E-state index is -0.439. The molecule has 0 radical (unpaired) electrons. The molecule has 1 atom stereocenters. The van der Waals surface area contributed by atoms with E-state index in [4.69, 9.17) is 4.74 Å². The molecule has 4 rings (SSSR count). The van der Waals surface area contributed by atoms with Gasteiger partial charge in [0.1, 0.15) is 17.4 Å². The SMILES string of the molecule is CC(C(=O)Cc1nc(N2CCOCC2)n[nH]1)c1ccc(-c2ccccc2)c(F)c1. The largest absolute Gasteiger partial charge is 0.378 e. The predicted molar refractivity (Wildman–Crippen MR) is 108 cm³/mol. The molecule has 0 spiro atoms. The van der Waals surface area contributed by atoms with Crippen molar-refractivity contribution in [2.45, 2.75) is 19.3 Å². The van der Waals surface area contributed by atoms with Gasteiger partial charge in [-0.15, -0.1) is 5.10 Å². The molecule has 7 heteroatoms. The number of nitrogens with zero attached hydrogens (tertiary/aromatic N) is 3. The second-order valence-corrected chi connectivity index (χ2v) is 7.15. The standard InChI is InChI=1S/C22H23FN4O2/c1-15(17-7-8-18(19(23)13-17)16-5-3-2-4-6-16)20(28)14-21-24-22(26-25-21)27-9-11-29-12-10-27/h2-8,13,15H,9-12,14H2,1H3,(H,24,25,26). The zero-order valence-electron chi connectivity index (χ0n) is 16.3. The Kier molecular flexibility index (Phi) is 5.67. The molecular formula is C22H23FN4O2. The second kappa shape index (κ2) is 8.53. The van der Waals surface area contributed by atoms with Crippen molar-refractivity contribution in [1.82, 2.24) is 15.2 Å². The van der Waals surface area contributed by atoms with Gasteiger partial charge in [-0.05, 0) is 17.2 Å². The predicted octanol–water partition coefficient (Wildman–Crippen LogP) is 3.36. The molecule has 6 nitrogen and oxygen atoms in total. The minimum absolute atomic E-state index is 0.0402. The average Bonchev–Trinajstić information content (AvgIpc) is 3.23. The van der Waals surface area contributed by atoms with Crippen molar-refractivity contribution in [3.63, 3.8) is 0 Å². The third kappa shape index (κ3) is 4.35. The number of rotatable bonds is 6. The molecule has 1 aliphatic rings. The number of ether oxygens (including phenoxy) is 1. The lowest BCUT2D eigenvalue weighted by Gasteiger charge is -2.25. The average molecular weight is 394 g/mol. The molecule has 0 bridgehead atoms. The fraction of sp³-hybridized carbons (Fsp3) is 0.318. The number of benzene rings is 2. The highest BCUT2D eigenvalue weighted by Gasteiger charge is 2.21. The van der Waals surface area contributed by atoms with Crippen LogP contribution in [0.4, 0.5) is 10.3 Å². The second-order valence-electron chi connectivity index (χ2n) is 7.15. The molecule has 1 unspecified atom stereocenters. The first-order valence-corrected chi connectivity index (χ1v) is 9.73. The van der Waals surface area contributed by atoms with E-state index in [2.05, 4.69) is 15.2 Å². The maximum absolute atomic E-state index is 14.6. The zero-order valence-corrected chi connectivity index (χ0v) is 16.3. The monoisotopic (exact) mass is 394 g/mol. The lowest BCUT2D eigenvalue weighted by Crippen LogP contribution is -2.36. The number of hydrogen-bond donors (Lipinski definition) is 1. The zero-order chi connectivity index (χ0) is 20.2. The number of anilines is 1. The van der Waals surface area contributed by atoms with Crippen LogP contribution in [0.2, 0.25) is 0 Å². The van der Waals surface area contributed by atoms with Gasteiger partial charge >= 0.3 is 0 Å². The summed E-state index contributed by atoms with van der Waals surface area (Å²) in [7, 11) is 0. The van der Waals surface area contributed by atoms with Crippen LogP contribution in [0, 0.1) is 5.82 Å². The number of halogens is 1. The van der Waals surface area contributed by atoms with Gasteiger partial charge in [-0.2, -0.15) is 4.98 Å². The summed E-state index contributed by atoms with van der Waals surface area (Å²) in [6, 6.07) is 14.4. The molecule has 1 N–H and O–H groups in total. The molecule has 2 heterocycles. The molecule has 0 aliphatic carbocycles. The molecule has 150 valence electrons. The van der Waals surface area contributed by atoms with Crippen molar-refractivity contribution in [2.75, 3.05) is 31.2 Å². The van der Waals surface area contributed by atoms with Crippen molar-refractivity contribution in [3.8, 4) is 11.1 Å². The van der Waals surface area contributed by atoms with E-state index < -0.39 is 5.92 Å². The van der Waals surface area contributed by atoms with Crippen LogP contribution < -0.4 is 4.90 Å². The summed E-state index contributed by atoms with van der Waals surface area (Å²) in [5.74, 6) is 0.294. The van der Waals surface area contributed by atoms with E-state index in [1.165, 1.54) is 6.07 Å². The first-order valence-electron chi connectivity index (χ1n) is 9.73. The Bertz CT molecular complexity index is 983. The molecular weight excluding hydrogens is 371 g/mol. The van der Waals surface area contributed by atoms with Gasteiger partial charge in [0, 0.05) is 24.6 Å². The molecule has 0 saturated carbocycles. The number of carbonyl (C=O) groups is 1. The van der Waals surface area contributed by atoms with Gasteiger partial charge in [-0.1, -0.05) is 49.4 Å². The number of hydrogen-bond acceptors (Lipinski definition) is 5. The van der Waals surface area contributed by atoms with Crippen LogP contribution in [-0.2, 0) is 16.0 Å². The van der Waals surface area contributed by atoms with Crippen LogP contribution in [0.25, 0.3) is 11.1 Å². The number of carbonyl (C=O) groups excluding carboxylic acids is 1. The van der Waals surface area contributed by atoms with Gasteiger partial charge in [-0.3, -0.25) is 9.89 Å². The minimum Gasteiger partial charge on any atom is -0.378 e. The van der Waals surface area contributed by atoms with Crippen molar-refractivity contribution in [1.29, 1.82) is 0 Å². The number of aromatic nitrogens is 3. The van der Waals surface area contributed by atoms with Crippen molar-refractivity contribution < 1.29 is 13.9 Å². The van der Waals surface area contributed by atoms with Crippen LogP contribution >= 0.6 is 0 Å². The van der Waals surface area contributed by atoms with Crippen molar-refractivity contribution >= 4 is 11.7 Å². The lowest BCUT2D eigenvalue weighted by atomic mass is 9.92. The van der Waals surface area contributed by atoms with Gasteiger partial charge in [0.05, 0.1) is 19.6 Å². The maximum atomic E-state index is 14.6. The van der Waals surface area contributed by atoms with Crippen molar-refractivity contribution in [3.05, 3.63) is 65.7 Å².